The highest BCUT2D eigenvalue weighted by Gasteiger charge is 2.31. The summed E-state index contributed by atoms with van der Waals surface area (Å²) in [5.74, 6) is -0.874. The van der Waals surface area contributed by atoms with Crippen LogP contribution in [-0.4, -0.2) is 84.6 Å². The Morgan fingerprint density at radius 3 is 2.41 bits per heavy atom. The summed E-state index contributed by atoms with van der Waals surface area (Å²) >= 11 is 0. The molecule has 0 spiro atoms. The van der Waals surface area contributed by atoms with Gasteiger partial charge < -0.3 is 15.2 Å². The van der Waals surface area contributed by atoms with Gasteiger partial charge in [-0.15, -0.1) is 0 Å². The number of nitrogens with zero attached hydrogens (tertiary/aromatic N) is 3. The number of aliphatic carboxylic acids is 1. The molecular weight excluding hydrogens is 496 g/mol. The van der Waals surface area contributed by atoms with Gasteiger partial charge >= 0.3 is 5.97 Å². The Kier molecular flexibility index (Phi) is 8.06. The van der Waals surface area contributed by atoms with Crippen LogP contribution in [0.2, 0.25) is 0 Å². The number of carboxylic acids is 1. The lowest BCUT2D eigenvalue weighted by atomic mass is 10.1. The van der Waals surface area contributed by atoms with Crippen molar-refractivity contribution in [3.8, 4) is 5.75 Å². The summed E-state index contributed by atoms with van der Waals surface area (Å²) in [4.78, 5) is 30.7. The van der Waals surface area contributed by atoms with Gasteiger partial charge in [0.05, 0.1) is 11.8 Å². The van der Waals surface area contributed by atoms with Crippen LogP contribution in [0, 0.1) is 6.92 Å². The number of aryl methyl sites for hydroxylation is 1. The van der Waals surface area contributed by atoms with Crippen molar-refractivity contribution in [1.29, 1.82) is 0 Å². The first-order valence-electron chi connectivity index (χ1n) is 11.9. The molecule has 196 valence electrons. The van der Waals surface area contributed by atoms with Crippen molar-refractivity contribution >= 4 is 32.8 Å². The molecule has 1 atom stereocenters. The van der Waals surface area contributed by atoms with Gasteiger partial charge in [0.25, 0.3) is 5.91 Å². The van der Waals surface area contributed by atoms with Crippen molar-refractivity contribution in [3.05, 3.63) is 71.4 Å². The number of carbonyl (C=O) groups is 2. The molecule has 1 unspecified atom stereocenters. The second-order valence-electron chi connectivity index (χ2n) is 9.02. The predicted octanol–water partition coefficient (Wildman–Crippen LogP) is 1.88. The zero-order chi connectivity index (χ0) is 26.6. The molecular formula is C26H30N4O6S. The second-order valence-corrected chi connectivity index (χ2v) is 11.0. The summed E-state index contributed by atoms with van der Waals surface area (Å²) in [5, 5.41) is 13.4. The molecule has 37 heavy (non-hydrogen) atoms. The van der Waals surface area contributed by atoms with Crippen molar-refractivity contribution < 1.29 is 27.9 Å². The summed E-state index contributed by atoms with van der Waals surface area (Å²) in [5.41, 5.74) is 3.21. The number of fused-ring (bicyclic) bond motifs is 1. The molecule has 0 radical (unpaired) electrons. The molecule has 0 saturated carbocycles. The molecule has 0 bridgehead atoms. The van der Waals surface area contributed by atoms with Crippen LogP contribution in [0.15, 0.2) is 54.6 Å². The van der Waals surface area contributed by atoms with Gasteiger partial charge in [0.1, 0.15) is 18.4 Å². The predicted molar refractivity (Wildman–Crippen MR) is 139 cm³/mol. The third kappa shape index (κ3) is 6.62. The fraction of sp³-hybridized carbons (Fsp3) is 0.346. The quantitative estimate of drug-likeness (QED) is 0.433. The molecule has 4 rings (SSSR count). The first-order chi connectivity index (χ1) is 17.6. The molecule has 2 heterocycles. The number of rotatable bonds is 9. The van der Waals surface area contributed by atoms with E-state index in [1.807, 2.05) is 37.3 Å². The number of hydrogen-bond acceptors (Lipinski definition) is 7. The van der Waals surface area contributed by atoms with Crippen LogP contribution in [-0.2, 0) is 21.4 Å². The van der Waals surface area contributed by atoms with Crippen LogP contribution >= 0.6 is 0 Å². The highest BCUT2D eigenvalue weighted by molar-refractivity contribution is 7.88. The van der Waals surface area contributed by atoms with E-state index < -0.39 is 27.9 Å². The van der Waals surface area contributed by atoms with Crippen LogP contribution in [0.4, 0.5) is 0 Å². The van der Waals surface area contributed by atoms with E-state index in [9.17, 15) is 23.1 Å². The summed E-state index contributed by atoms with van der Waals surface area (Å²) in [7, 11) is -3.32. The highest BCUT2D eigenvalue weighted by Crippen LogP contribution is 2.21. The fourth-order valence-corrected chi connectivity index (χ4v) is 5.22. The smallest absolute Gasteiger partial charge is 0.322 e. The van der Waals surface area contributed by atoms with Gasteiger partial charge in [-0.3, -0.25) is 19.5 Å². The monoisotopic (exact) mass is 526 g/mol. The number of pyridine rings is 1. The van der Waals surface area contributed by atoms with Gasteiger partial charge in [-0.05, 0) is 43.3 Å². The van der Waals surface area contributed by atoms with Gasteiger partial charge in [0.15, 0.2) is 0 Å². The van der Waals surface area contributed by atoms with Crippen LogP contribution in [0.1, 0.15) is 21.6 Å². The number of carbonyl (C=O) groups excluding carboxylic acids is 1. The topological polar surface area (TPSA) is 129 Å². The number of para-hydroxylation sites is 1. The number of amides is 1. The molecule has 1 aliphatic rings. The number of nitrogens with one attached hydrogen (secondary N) is 1. The Bertz CT molecular complexity index is 1390. The lowest BCUT2D eigenvalue weighted by Crippen LogP contribution is -2.56. The average Bonchev–Trinajstić information content (AvgIpc) is 2.87. The maximum atomic E-state index is 12.7. The van der Waals surface area contributed by atoms with E-state index in [2.05, 4.69) is 10.3 Å². The lowest BCUT2D eigenvalue weighted by molar-refractivity contribution is -0.143. The third-order valence-electron chi connectivity index (χ3n) is 6.36. The molecule has 11 heteroatoms. The maximum Gasteiger partial charge on any atom is 0.322 e. The summed E-state index contributed by atoms with van der Waals surface area (Å²) < 4.78 is 30.7. The maximum absolute atomic E-state index is 12.7. The molecule has 1 saturated heterocycles. The summed E-state index contributed by atoms with van der Waals surface area (Å²) in [6, 6.07) is 15.6. The van der Waals surface area contributed by atoms with E-state index in [0.29, 0.717) is 17.9 Å². The fourth-order valence-electron chi connectivity index (χ4n) is 4.39. The minimum Gasteiger partial charge on any atom is -0.489 e. The third-order valence-corrected chi connectivity index (χ3v) is 7.67. The van der Waals surface area contributed by atoms with Gasteiger partial charge in [-0.25, -0.2) is 8.42 Å². The average molecular weight is 527 g/mol. The molecule has 1 amide bonds. The van der Waals surface area contributed by atoms with Gasteiger partial charge in [0, 0.05) is 54.9 Å². The van der Waals surface area contributed by atoms with E-state index in [0.717, 1.165) is 28.4 Å². The molecule has 0 aliphatic carbocycles. The SMILES string of the molecule is Cc1cc(COc2ccc(C(=O)NCC(C(=O)O)N3CCN(S(C)(=O)=O)CC3)cc2)c2ccccc2n1. The standard InChI is InChI=1S/C26H30N4O6S/c1-18-15-20(22-5-3-4-6-23(22)28-18)17-36-21-9-7-19(8-10-21)25(31)27-16-24(26(32)33)29-11-13-30(14-12-29)37(2,34)35/h3-10,15,24H,11-14,16-17H2,1-2H3,(H,27,31)(H,32,33). The Labute approximate surface area is 215 Å². The molecule has 2 N–H and O–H groups in total. The van der Waals surface area contributed by atoms with E-state index in [-0.39, 0.29) is 32.7 Å². The van der Waals surface area contributed by atoms with Crippen molar-refractivity contribution in [2.45, 2.75) is 19.6 Å². The van der Waals surface area contributed by atoms with Crippen molar-refractivity contribution in [2.75, 3.05) is 39.0 Å². The number of sulfonamides is 1. The molecule has 1 aliphatic heterocycles. The normalized spacial score (nSPS) is 15.8. The Morgan fingerprint density at radius 2 is 1.76 bits per heavy atom. The zero-order valence-electron chi connectivity index (χ0n) is 20.8. The van der Waals surface area contributed by atoms with Crippen LogP contribution in [0.3, 0.4) is 0 Å². The molecule has 1 aromatic heterocycles. The van der Waals surface area contributed by atoms with E-state index >= 15 is 0 Å². The first kappa shape index (κ1) is 26.5. The molecule has 1 fully saturated rings. The minimum atomic E-state index is -3.32. The van der Waals surface area contributed by atoms with Crippen LogP contribution in [0.25, 0.3) is 10.9 Å². The Balaban J connectivity index is 1.33. The highest BCUT2D eigenvalue weighted by atomic mass is 32.2. The summed E-state index contributed by atoms with van der Waals surface area (Å²) in [6.45, 7) is 3.17. The molecule has 3 aromatic rings. The van der Waals surface area contributed by atoms with E-state index in [1.54, 1.807) is 29.2 Å². The molecule has 2 aromatic carbocycles. The molecule has 10 nitrogen and oxygen atoms in total. The largest absolute Gasteiger partial charge is 0.489 e. The minimum absolute atomic E-state index is 0.0975. The zero-order valence-corrected chi connectivity index (χ0v) is 21.6. The Hall–Kier alpha value is -3.54. The van der Waals surface area contributed by atoms with Gasteiger partial charge in [-0.2, -0.15) is 4.31 Å². The number of aromatic nitrogens is 1. The van der Waals surface area contributed by atoms with Crippen molar-refractivity contribution in [1.82, 2.24) is 19.5 Å². The first-order valence-corrected chi connectivity index (χ1v) is 13.7. The van der Waals surface area contributed by atoms with E-state index in [1.165, 1.54) is 4.31 Å². The van der Waals surface area contributed by atoms with Gasteiger partial charge in [-0.1, -0.05) is 18.2 Å². The lowest BCUT2D eigenvalue weighted by Gasteiger charge is -2.36. The number of ether oxygens (including phenoxy) is 1. The van der Waals surface area contributed by atoms with Crippen molar-refractivity contribution in [3.63, 3.8) is 0 Å². The van der Waals surface area contributed by atoms with Crippen LogP contribution in [0.5, 0.6) is 5.75 Å². The van der Waals surface area contributed by atoms with Crippen molar-refractivity contribution in [2.24, 2.45) is 0 Å². The van der Waals surface area contributed by atoms with E-state index in [4.69, 9.17) is 4.74 Å². The number of carboxylic acid groups (broad SMARTS) is 1. The number of benzene rings is 2. The second kappa shape index (κ2) is 11.2. The Morgan fingerprint density at radius 1 is 1.08 bits per heavy atom. The number of hydrogen-bond donors (Lipinski definition) is 2. The van der Waals surface area contributed by atoms with Crippen LogP contribution < -0.4 is 10.1 Å². The van der Waals surface area contributed by atoms with Gasteiger partial charge in [0.2, 0.25) is 10.0 Å². The summed E-state index contributed by atoms with van der Waals surface area (Å²) in [6.07, 6.45) is 1.13. The number of piperazine rings is 1.